The average molecular weight is 169 g/mol. The van der Waals surface area contributed by atoms with Crippen LogP contribution in [-0.2, 0) is 9.53 Å². The van der Waals surface area contributed by atoms with E-state index in [1.54, 1.807) is 0 Å². The molecule has 0 unspecified atom stereocenters. The first-order valence-corrected chi connectivity index (χ1v) is 4.37. The van der Waals surface area contributed by atoms with Crippen LogP contribution >= 0.6 is 0 Å². The molecule has 0 heterocycles. The molecule has 67 valence electrons. The summed E-state index contributed by atoms with van der Waals surface area (Å²) in [7, 11) is 0. The number of carbonyl (C=O) groups is 1. The van der Waals surface area contributed by atoms with Gasteiger partial charge >= 0.3 is 5.97 Å². The Morgan fingerprint density at radius 2 is 2.33 bits per heavy atom. The van der Waals surface area contributed by atoms with Crippen LogP contribution in [-0.4, -0.2) is 23.3 Å². The summed E-state index contributed by atoms with van der Waals surface area (Å²) in [6.45, 7) is 1.43. The molecule has 2 aliphatic rings. The number of hydrogen-bond donors (Lipinski definition) is 1. The zero-order valence-corrected chi connectivity index (χ0v) is 7.06. The molecule has 4 atom stereocenters. The molecule has 12 heavy (non-hydrogen) atoms. The van der Waals surface area contributed by atoms with E-state index in [9.17, 15) is 9.90 Å². The number of hydrogen-bond acceptors (Lipinski definition) is 3. The second-order valence-electron chi connectivity index (χ2n) is 3.73. The van der Waals surface area contributed by atoms with Crippen LogP contribution in [0.15, 0.2) is 0 Å². The van der Waals surface area contributed by atoms with E-state index in [0.717, 1.165) is 12.8 Å². The van der Waals surface area contributed by atoms with Gasteiger partial charge in [0.2, 0.25) is 0 Å². The summed E-state index contributed by atoms with van der Waals surface area (Å²) in [6, 6.07) is 0. The Kier molecular flexibility index (Phi) is 1.83. The van der Waals surface area contributed by atoms with Crippen molar-refractivity contribution in [3.05, 3.63) is 6.42 Å². The zero-order chi connectivity index (χ0) is 8.72. The summed E-state index contributed by atoms with van der Waals surface area (Å²) in [5, 5.41) is 9.40. The topological polar surface area (TPSA) is 46.5 Å². The SMILES string of the molecule is CC(=O)O[C@H]1[CH][C@H]2C[C@@H]1C[C@H]2O. The Balaban J connectivity index is 1.94. The molecule has 2 fully saturated rings. The Bertz CT molecular complexity index is 200. The van der Waals surface area contributed by atoms with E-state index in [1.165, 1.54) is 6.92 Å². The van der Waals surface area contributed by atoms with E-state index in [1.807, 2.05) is 6.42 Å². The number of rotatable bonds is 1. The molecule has 0 amide bonds. The van der Waals surface area contributed by atoms with Gasteiger partial charge < -0.3 is 9.84 Å². The van der Waals surface area contributed by atoms with E-state index in [0.29, 0.717) is 5.92 Å². The Morgan fingerprint density at radius 1 is 1.58 bits per heavy atom. The highest BCUT2D eigenvalue weighted by molar-refractivity contribution is 5.66. The van der Waals surface area contributed by atoms with Gasteiger partial charge in [-0.05, 0) is 24.7 Å². The minimum Gasteiger partial charge on any atom is -0.462 e. The highest BCUT2D eigenvalue weighted by atomic mass is 16.5. The molecule has 2 saturated carbocycles. The summed E-state index contributed by atoms with van der Waals surface area (Å²) in [5.74, 6) is 0.409. The fourth-order valence-electron chi connectivity index (χ4n) is 2.29. The van der Waals surface area contributed by atoms with Gasteiger partial charge in [-0.3, -0.25) is 4.79 Å². The van der Waals surface area contributed by atoms with Gasteiger partial charge in [0.05, 0.1) is 6.10 Å². The van der Waals surface area contributed by atoms with Crippen LogP contribution < -0.4 is 0 Å². The van der Waals surface area contributed by atoms with Crippen molar-refractivity contribution in [1.29, 1.82) is 0 Å². The zero-order valence-electron chi connectivity index (χ0n) is 7.06. The van der Waals surface area contributed by atoms with Gasteiger partial charge in [-0.15, -0.1) is 0 Å². The van der Waals surface area contributed by atoms with E-state index in [2.05, 4.69) is 0 Å². The lowest BCUT2D eigenvalue weighted by Crippen LogP contribution is -2.29. The lowest BCUT2D eigenvalue weighted by Gasteiger charge is -2.23. The van der Waals surface area contributed by atoms with Crippen molar-refractivity contribution in [3.8, 4) is 0 Å². The number of ether oxygens (including phenoxy) is 1. The van der Waals surface area contributed by atoms with Crippen LogP contribution in [0.2, 0.25) is 0 Å². The summed E-state index contributed by atoms with van der Waals surface area (Å²) in [6.07, 6.45) is 3.52. The molecule has 0 aliphatic heterocycles. The van der Waals surface area contributed by atoms with Crippen LogP contribution in [0.1, 0.15) is 19.8 Å². The molecule has 1 radical (unpaired) electrons. The molecule has 3 nitrogen and oxygen atoms in total. The highest BCUT2D eigenvalue weighted by Gasteiger charge is 2.46. The van der Waals surface area contributed by atoms with Crippen LogP contribution in [0, 0.1) is 18.3 Å². The largest absolute Gasteiger partial charge is 0.462 e. The molecular weight excluding hydrogens is 156 g/mol. The van der Waals surface area contributed by atoms with Gasteiger partial charge in [0.1, 0.15) is 6.10 Å². The predicted molar refractivity (Wildman–Crippen MR) is 42.1 cm³/mol. The molecule has 0 aromatic carbocycles. The van der Waals surface area contributed by atoms with Gasteiger partial charge in [-0.25, -0.2) is 0 Å². The third kappa shape index (κ3) is 1.22. The van der Waals surface area contributed by atoms with Gasteiger partial charge in [0, 0.05) is 13.3 Å². The minimum absolute atomic E-state index is 0.0316. The molecule has 0 spiro atoms. The molecule has 0 aromatic rings. The van der Waals surface area contributed by atoms with Crippen LogP contribution in [0.5, 0.6) is 0 Å². The van der Waals surface area contributed by atoms with Crippen molar-refractivity contribution >= 4 is 5.97 Å². The second kappa shape index (κ2) is 2.73. The Hall–Kier alpha value is -0.570. The second-order valence-corrected chi connectivity index (χ2v) is 3.73. The fraction of sp³-hybridized carbons (Fsp3) is 0.778. The first kappa shape index (κ1) is 8.05. The number of fused-ring (bicyclic) bond motifs is 2. The summed E-state index contributed by atoms with van der Waals surface area (Å²) < 4.78 is 5.09. The van der Waals surface area contributed by atoms with Crippen molar-refractivity contribution < 1.29 is 14.6 Å². The number of aliphatic hydroxyl groups is 1. The van der Waals surface area contributed by atoms with Crippen molar-refractivity contribution in [3.63, 3.8) is 0 Å². The maximum atomic E-state index is 10.7. The smallest absolute Gasteiger partial charge is 0.302 e. The van der Waals surface area contributed by atoms with E-state index in [4.69, 9.17) is 4.74 Å². The van der Waals surface area contributed by atoms with E-state index in [-0.39, 0.29) is 24.1 Å². The molecule has 2 rings (SSSR count). The lowest BCUT2D eigenvalue weighted by atomic mass is 9.95. The van der Waals surface area contributed by atoms with Crippen LogP contribution in [0.4, 0.5) is 0 Å². The fourth-order valence-corrected chi connectivity index (χ4v) is 2.29. The third-order valence-corrected chi connectivity index (χ3v) is 2.82. The standard InChI is InChI=1S/C9H13O3/c1-5(10)12-9-4-6-2-7(9)3-8(6)11/h4,6-9,11H,2-3H2,1H3/t6-,7-,8-,9+/m1/s1. The Morgan fingerprint density at radius 3 is 2.75 bits per heavy atom. The van der Waals surface area contributed by atoms with Crippen molar-refractivity contribution in [2.75, 3.05) is 0 Å². The third-order valence-electron chi connectivity index (χ3n) is 2.82. The predicted octanol–water partition coefficient (Wildman–Crippen LogP) is 0.523. The van der Waals surface area contributed by atoms with Crippen molar-refractivity contribution in [2.24, 2.45) is 11.8 Å². The summed E-state index contributed by atoms with van der Waals surface area (Å²) >= 11 is 0. The quantitative estimate of drug-likeness (QED) is 0.582. The normalized spacial score (nSPS) is 44.8. The van der Waals surface area contributed by atoms with Gasteiger partial charge in [-0.1, -0.05) is 0 Å². The van der Waals surface area contributed by atoms with Crippen molar-refractivity contribution in [2.45, 2.75) is 32.0 Å². The number of carbonyl (C=O) groups excluding carboxylic acids is 1. The summed E-state index contributed by atoms with van der Waals surface area (Å²) in [5.41, 5.74) is 0. The van der Waals surface area contributed by atoms with Gasteiger partial charge in [0.15, 0.2) is 0 Å². The molecular formula is C9H13O3. The summed E-state index contributed by atoms with van der Waals surface area (Å²) in [4.78, 5) is 10.7. The molecule has 0 saturated heterocycles. The Labute approximate surface area is 71.7 Å². The van der Waals surface area contributed by atoms with Gasteiger partial charge in [-0.2, -0.15) is 0 Å². The monoisotopic (exact) mass is 169 g/mol. The minimum atomic E-state index is -0.224. The molecule has 2 aliphatic carbocycles. The van der Waals surface area contributed by atoms with Crippen molar-refractivity contribution in [1.82, 2.24) is 0 Å². The van der Waals surface area contributed by atoms with E-state index >= 15 is 0 Å². The molecule has 0 aromatic heterocycles. The molecule has 1 N–H and O–H groups in total. The molecule has 2 bridgehead atoms. The van der Waals surface area contributed by atoms with Crippen LogP contribution in [0.25, 0.3) is 0 Å². The number of esters is 1. The first-order chi connectivity index (χ1) is 5.66. The number of aliphatic hydroxyl groups excluding tert-OH is 1. The van der Waals surface area contributed by atoms with Crippen LogP contribution in [0.3, 0.4) is 0 Å². The maximum absolute atomic E-state index is 10.7. The molecule has 3 heteroatoms. The maximum Gasteiger partial charge on any atom is 0.302 e. The lowest BCUT2D eigenvalue weighted by molar-refractivity contribution is -0.147. The first-order valence-electron chi connectivity index (χ1n) is 4.37. The van der Waals surface area contributed by atoms with Gasteiger partial charge in [0.25, 0.3) is 0 Å². The average Bonchev–Trinajstić information content (AvgIpc) is 2.44. The highest BCUT2D eigenvalue weighted by Crippen LogP contribution is 2.45. The van der Waals surface area contributed by atoms with E-state index < -0.39 is 0 Å².